The van der Waals surface area contributed by atoms with E-state index in [9.17, 15) is 0 Å². The summed E-state index contributed by atoms with van der Waals surface area (Å²) < 4.78 is 0. The SMILES string of the molecule is N.O.O.[La].[Mo]. The third kappa shape index (κ3) is 26.3. The van der Waals surface area contributed by atoms with Gasteiger partial charge in [0.25, 0.3) is 0 Å². The predicted molar refractivity (Wildman–Crippen MR) is 12.2 cm³/mol. The molecule has 0 amide bonds. The Morgan fingerprint density at radius 3 is 0.800 bits per heavy atom. The molecule has 0 bridgehead atoms. The van der Waals surface area contributed by atoms with Gasteiger partial charge >= 0.3 is 0 Å². The van der Waals surface area contributed by atoms with Crippen molar-refractivity contribution >= 4 is 0 Å². The van der Waals surface area contributed by atoms with Gasteiger partial charge in [0.2, 0.25) is 0 Å². The van der Waals surface area contributed by atoms with Crippen LogP contribution in [0.4, 0.5) is 0 Å². The van der Waals surface area contributed by atoms with Crippen molar-refractivity contribution in [3.8, 4) is 0 Å². The van der Waals surface area contributed by atoms with Crippen molar-refractivity contribution in [1.82, 2.24) is 6.15 Å². The Balaban J connectivity index is 0. The first-order chi connectivity index (χ1) is 0. The molecule has 1 radical (unpaired) electrons. The van der Waals surface area contributed by atoms with E-state index in [2.05, 4.69) is 0 Å². The van der Waals surface area contributed by atoms with E-state index in [1.54, 1.807) is 0 Å². The van der Waals surface area contributed by atoms with Crippen molar-refractivity contribution in [1.29, 1.82) is 0 Å². The van der Waals surface area contributed by atoms with Crippen LogP contribution < -0.4 is 6.15 Å². The predicted octanol–water partition coefficient (Wildman–Crippen LogP) is -1.49. The molecule has 3 nitrogen and oxygen atoms in total. The average Bonchev–Trinajstić information content (AvgIpc) is 0. The van der Waals surface area contributed by atoms with Crippen molar-refractivity contribution in [3.05, 3.63) is 0 Å². The molecule has 0 unspecified atom stereocenters. The summed E-state index contributed by atoms with van der Waals surface area (Å²) in [5.74, 6) is 0. The summed E-state index contributed by atoms with van der Waals surface area (Å²) in [6, 6.07) is 0. The average molecular weight is 288 g/mol. The molecule has 5 heteroatoms. The minimum atomic E-state index is 0. The Kier molecular flexibility index (Phi) is 608. The van der Waals surface area contributed by atoms with E-state index in [1.807, 2.05) is 0 Å². The van der Waals surface area contributed by atoms with Crippen LogP contribution in [0.5, 0.6) is 0 Å². The van der Waals surface area contributed by atoms with Gasteiger partial charge in [-0.3, -0.25) is 0 Å². The first kappa shape index (κ1) is 72.3. The Hall–Kier alpha value is 1.76. The van der Waals surface area contributed by atoms with Gasteiger partial charge < -0.3 is 17.1 Å². The summed E-state index contributed by atoms with van der Waals surface area (Å²) in [5.41, 5.74) is 0. The van der Waals surface area contributed by atoms with Crippen LogP contribution in [0.25, 0.3) is 0 Å². The van der Waals surface area contributed by atoms with E-state index < -0.39 is 0 Å². The van der Waals surface area contributed by atoms with E-state index in [-0.39, 0.29) is 73.8 Å². The standard InChI is InChI=1S/La.Mo.H3N.2H2O/h;;1H3;2*1H2. The Morgan fingerprint density at radius 1 is 0.800 bits per heavy atom. The van der Waals surface area contributed by atoms with E-state index in [0.717, 1.165) is 0 Å². The molecular formula is H7LaMoNO2. The zero-order valence-electron chi connectivity index (χ0n) is 2.69. The minimum Gasteiger partial charge on any atom is -0.412 e. The maximum absolute atomic E-state index is 0. The van der Waals surface area contributed by atoms with E-state index in [4.69, 9.17) is 0 Å². The Morgan fingerprint density at radius 2 is 0.800 bits per heavy atom. The third-order valence-corrected chi connectivity index (χ3v) is 0. The smallest absolute Gasteiger partial charge is 0 e. The Labute approximate surface area is 73.0 Å². The zero-order valence-corrected chi connectivity index (χ0v) is 8.33. The van der Waals surface area contributed by atoms with Crippen molar-refractivity contribution in [2.75, 3.05) is 0 Å². The monoisotopic (exact) mass is 290 g/mol. The maximum Gasteiger partial charge on any atom is 0 e. The van der Waals surface area contributed by atoms with Crippen LogP contribution in [0, 0.1) is 35.6 Å². The molecule has 0 rings (SSSR count). The normalized spacial score (nSPS) is 0. The summed E-state index contributed by atoms with van der Waals surface area (Å²) in [6.07, 6.45) is 0. The van der Waals surface area contributed by atoms with Crippen molar-refractivity contribution in [2.24, 2.45) is 0 Å². The summed E-state index contributed by atoms with van der Waals surface area (Å²) in [7, 11) is 0. The number of hydrogen-bond acceptors (Lipinski definition) is 1. The van der Waals surface area contributed by atoms with Gasteiger partial charge in [-0.2, -0.15) is 0 Å². The van der Waals surface area contributed by atoms with Gasteiger partial charge in [-0.05, 0) is 0 Å². The molecule has 0 spiro atoms. The minimum absolute atomic E-state index is 0. The van der Waals surface area contributed by atoms with Crippen LogP contribution in [0.3, 0.4) is 0 Å². The first-order valence-electron chi connectivity index (χ1n) is 0. The molecule has 5 heavy (non-hydrogen) atoms. The van der Waals surface area contributed by atoms with Crippen molar-refractivity contribution in [3.63, 3.8) is 0 Å². The quantitative estimate of drug-likeness (QED) is 0.540. The first-order valence-corrected chi connectivity index (χ1v) is 0. The number of rotatable bonds is 0. The van der Waals surface area contributed by atoms with E-state index in [0.29, 0.717) is 0 Å². The van der Waals surface area contributed by atoms with Crippen LogP contribution >= 0.6 is 0 Å². The largest absolute Gasteiger partial charge is 0.412 e. The molecule has 0 aromatic rings. The summed E-state index contributed by atoms with van der Waals surface area (Å²) in [4.78, 5) is 0. The van der Waals surface area contributed by atoms with Gasteiger partial charge in [-0.25, -0.2) is 0 Å². The van der Waals surface area contributed by atoms with Gasteiger partial charge in [0.1, 0.15) is 0 Å². The van der Waals surface area contributed by atoms with Gasteiger partial charge in [0, 0.05) is 56.7 Å². The molecule has 0 fully saturated rings. The fourth-order valence-electron chi connectivity index (χ4n) is 0. The molecule has 0 atom stereocenters. The topological polar surface area (TPSA) is 98.0 Å². The van der Waals surface area contributed by atoms with Gasteiger partial charge in [-0.1, -0.05) is 0 Å². The molecule has 0 aliphatic heterocycles. The summed E-state index contributed by atoms with van der Waals surface area (Å²) in [6.45, 7) is 0. The van der Waals surface area contributed by atoms with Crippen molar-refractivity contribution in [2.45, 2.75) is 0 Å². The molecule has 0 heterocycles. The molecule has 33 valence electrons. The molecule has 0 aliphatic rings. The van der Waals surface area contributed by atoms with Crippen LogP contribution in [0.2, 0.25) is 0 Å². The fourth-order valence-corrected chi connectivity index (χ4v) is 0. The molecule has 7 N–H and O–H groups in total. The molecular weight excluding hydrogens is 281 g/mol. The van der Waals surface area contributed by atoms with Gasteiger partial charge in [-0.15, -0.1) is 0 Å². The second kappa shape index (κ2) is 42.1. The van der Waals surface area contributed by atoms with Crippen LogP contribution in [0.15, 0.2) is 0 Å². The van der Waals surface area contributed by atoms with Crippen LogP contribution in [-0.4, -0.2) is 11.0 Å². The maximum atomic E-state index is 0. The molecule has 0 aliphatic carbocycles. The van der Waals surface area contributed by atoms with Crippen molar-refractivity contribution < 1.29 is 67.6 Å². The molecule has 0 saturated heterocycles. The molecule has 0 aromatic heterocycles. The molecule has 0 saturated carbocycles. The van der Waals surface area contributed by atoms with Crippen LogP contribution in [0.1, 0.15) is 0 Å². The van der Waals surface area contributed by atoms with Gasteiger partial charge in [0.05, 0.1) is 0 Å². The zero-order chi connectivity index (χ0) is 0. The summed E-state index contributed by atoms with van der Waals surface area (Å²) in [5, 5.41) is 0. The number of hydrogen-bond donors (Lipinski definition) is 1. The Bertz CT molecular complexity index is 9.61. The molecule has 0 aromatic carbocycles. The van der Waals surface area contributed by atoms with E-state index in [1.165, 1.54) is 0 Å². The summed E-state index contributed by atoms with van der Waals surface area (Å²) >= 11 is 0. The second-order valence-corrected chi connectivity index (χ2v) is 0. The van der Waals surface area contributed by atoms with E-state index >= 15 is 0 Å². The third-order valence-electron chi connectivity index (χ3n) is 0. The van der Waals surface area contributed by atoms with Crippen LogP contribution in [-0.2, 0) is 21.1 Å². The van der Waals surface area contributed by atoms with Gasteiger partial charge in [0.15, 0.2) is 0 Å². The second-order valence-electron chi connectivity index (χ2n) is 0. The fraction of sp³-hybridized carbons (Fsp3) is 0.